The second-order valence-corrected chi connectivity index (χ2v) is 11.7. The third-order valence-corrected chi connectivity index (χ3v) is 8.17. The highest BCUT2D eigenvalue weighted by Crippen LogP contribution is 2.54. The van der Waals surface area contributed by atoms with E-state index in [9.17, 15) is 15.2 Å². The lowest BCUT2D eigenvalue weighted by Gasteiger charge is -2.44. The van der Waals surface area contributed by atoms with E-state index < -0.39 is 29.3 Å². The van der Waals surface area contributed by atoms with Crippen molar-refractivity contribution in [2.75, 3.05) is 0 Å². The highest BCUT2D eigenvalue weighted by Gasteiger charge is 2.52. The zero-order valence-electron chi connectivity index (χ0n) is 22.3. The van der Waals surface area contributed by atoms with Gasteiger partial charge in [0.1, 0.15) is 11.6 Å². The van der Waals surface area contributed by atoms with Gasteiger partial charge in [-0.3, -0.25) is 4.79 Å². The molecule has 0 saturated heterocycles. The zero-order chi connectivity index (χ0) is 26.8. The van der Waals surface area contributed by atoms with Crippen LogP contribution in [0.15, 0.2) is 78.9 Å². The molecule has 0 heterocycles. The minimum atomic E-state index is -0.763. The van der Waals surface area contributed by atoms with Crippen LogP contribution in [0.2, 0.25) is 0 Å². The van der Waals surface area contributed by atoms with Gasteiger partial charge in [-0.15, -0.1) is 0 Å². The number of allylic oxidation sites excluding steroid dienone is 3. The van der Waals surface area contributed by atoms with E-state index in [-0.39, 0.29) is 17.7 Å². The summed E-state index contributed by atoms with van der Waals surface area (Å²) in [5.74, 6) is 0.192. The predicted octanol–water partition coefficient (Wildman–Crippen LogP) is 6.13. The lowest BCUT2D eigenvalue weighted by molar-refractivity contribution is -0.153. The van der Waals surface area contributed by atoms with Gasteiger partial charge >= 0.3 is 0 Å². The number of ether oxygens (including phenoxy) is 1. The van der Waals surface area contributed by atoms with Crippen LogP contribution in [-0.2, 0) is 9.53 Å². The van der Waals surface area contributed by atoms with Crippen molar-refractivity contribution in [1.29, 1.82) is 5.26 Å². The maximum Gasteiger partial charge on any atom is 0.250 e. The number of benzene rings is 2. The monoisotopic (exact) mass is 510 g/mol. The third kappa shape index (κ3) is 5.62. The van der Waals surface area contributed by atoms with Crippen LogP contribution < -0.4 is 5.32 Å². The van der Waals surface area contributed by atoms with E-state index in [4.69, 9.17) is 4.74 Å². The van der Waals surface area contributed by atoms with Gasteiger partial charge in [-0.1, -0.05) is 92.7 Å². The van der Waals surface area contributed by atoms with E-state index in [0.717, 1.165) is 29.5 Å². The SMILES string of the molecule is CC(C)C[C@H](O[C@H](c1ccccc1)C1(C(O)C2CC2)C=CC(c2ccccc2)=CC1)C(=O)NC1(C#N)CC1. The molecule has 0 aromatic heterocycles. The molecule has 1 amide bonds. The molecule has 5 rings (SSSR count). The van der Waals surface area contributed by atoms with Gasteiger partial charge in [0.05, 0.1) is 18.3 Å². The molecule has 0 bridgehead atoms. The second-order valence-electron chi connectivity index (χ2n) is 11.7. The van der Waals surface area contributed by atoms with E-state index in [1.807, 2.05) is 48.5 Å². The summed E-state index contributed by atoms with van der Waals surface area (Å²) < 4.78 is 6.85. The number of nitrogens with zero attached hydrogens (tertiary/aromatic N) is 1. The fraction of sp³-hybridized carbons (Fsp3) is 0.455. The summed E-state index contributed by atoms with van der Waals surface area (Å²) >= 11 is 0. The van der Waals surface area contributed by atoms with Crippen molar-refractivity contribution < 1.29 is 14.6 Å². The molecule has 2 unspecified atom stereocenters. The van der Waals surface area contributed by atoms with Crippen molar-refractivity contribution in [3.8, 4) is 6.07 Å². The largest absolute Gasteiger partial charge is 0.392 e. The van der Waals surface area contributed by atoms with E-state index in [1.165, 1.54) is 0 Å². The van der Waals surface area contributed by atoms with Crippen LogP contribution in [0.1, 0.15) is 69.6 Å². The molecule has 2 aromatic carbocycles. The number of aliphatic hydroxyl groups excluding tert-OH is 1. The maximum atomic E-state index is 13.5. The van der Waals surface area contributed by atoms with Crippen molar-refractivity contribution >= 4 is 11.5 Å². The third-order valence-electron chi connectivity index (χ3n) is 8.17. The summed E-state index contributed by atoms with van der Waals surface area (Å²) in [6.07, 6.45) is 9.04. The first-order valence-corrected chi connectivity index (χ1v) is 13.9. The summed E-state index contributed by atoms with van der Waals surface area (Å²) in [6, 6.07) is 22.5. The molecule has 4 atom stereocenters. The molecule has 5 heteroatoms. The molecule has 198 valence electrons. The number of amides is 1. The van der Waals surface area contributed by atoms with Gasteiger partial charge in [0.25, 0.3) is 0 Å². The average Bonchev–Trinajstić information content (AvgIpc) is 3.88. The number of rotatable bonds is 11. The molecule has 5 nitrogen and oxygen atoms in total. The van der Waals surface area contributed by atoms with Gasteiger partial charge in [0.2, 0.25) is 5.91 Å². The fourth-order valence-electron chi connectivity index (χ4n) is 5.60. The Morgan fingerprint density at radius 3 is 2.29 bits per heavy atom. The van der Waals surface area contributed by atoms with Crippen LogP contribution >= 0.6 is 0 Å². The standard InChI is InChI=1S/C33H38N2O3/c1-23(2)21-28(31(37)35-32(22-34)19-20-32)38-30(27-11-7-4-8-12-27)33(29(36)26-13-14-26)17-15-25(16-18-33)24-9-5-3-6-10-24/h3-12,15-17,23,26,28-30,36H,13-14,18-21H2,1-2H3,(H,35,37)/t28-,29?,30+,33?/m0/s1. The zero-order valence-corrected chi connectivity index (χ0v) is 22.3. The Morgan fingerprint density at radius 2 is 1.76 bits per heavy atom. The van der Waals surface area contributed by atoms with Crippen molar-refractivity contribution in [2.24, 2.45) is 17.3 Å². The Labute approximate surface area is 226 Å². The number of nitrogens with one attached hydrogen (secondary N) is 1. The number of carbonyl (C=O) groups excluding carboxylic acids is 1. The molecule has 3 aliphatic carbocycles. The highest BCUT2D eigenvalue weighted by molar-refractivity contribution is 5.82. The first-order valence-electron chi connectivity index (χ1n) is 13.9. The highest BCUT2D eigenvalue weighted by atomic mass is 16.5. The summed E-state index contributed by atoms with van der Waals surface area (Å²) in [6.45, 7) is 4.14. The molecule has 0 spiro atoms. The number of hydrogen-bond acceptors (Lipinski definition) is 4. The van der Waals surface area contributed by atoms with E-state index in [2.05, 4.69) is 55.6 Å². The molecule has 0 radical (unpaired) electrons. The Hall–Kier alpha value is -3.20. The van der Waals surface area contributed by atoms with Crippen LogP contribution in [0.4, 0.5) is 0 Å². The van der Waals surface area contributed by atoms with Crippen LogP contribution in [0.25, 0.3) is 5.57 Å². The molecular formula is C33H38N2O3. The topological polar surface area (TPSA) is 82.3 Å². The van der Waals surface area contributed by atoms with E-state index in [1.54, 1.807) is 0 Å². The smallest absolute Gasteiger partial charge is 0.250 e. The van der Waals surface area contributed by atoms with Gasteiger partial charge < -0.3 is 15.2 Å². The Morgan fingerprint density at radius 1 is 1.11 bits per heavy atom. The minimum absolute atomic E-state index is 0.215. The fourth-order valence-corrected chi connectivity index (χ4v) is 5.60. The molecule has 2 N–H and O–H groups in total. The first kappa shape index (κ1) is 26.4. The molecular weight excluding hydrogens is 472 g/mol. The van der Waals surface area contributed by atoms with E-state index >= 15 is 0 Å². The second kappa shape index (κ2) is 10.9. The summed E-state index contributed by atoms with van der Waals surface area (Å²) in [7, 11) is 0. The Kier molecular flexibility index (Phi) is 7.56. The summed E-state index contributed by atoms with van der Waals surface area (Å²) in [5.41, 5.74) is 1.72. The van der Waals surface area contributed by atoms with Crippen LogP contribution in [-0.4, -0.2) is 28.8 Å². The van der Waals surface area contributed by atoms with Gasteiger partial charge in [-0.05, 0) is 67.1 Å². The minimum Gasteiger partial charge on any atom is -0.392 e. The van der Waals surface area contributed by atoms with Crippen LogP contribution in [0.5, 0.6) is 0 Å². The summed E-state index contributed by atoms with van der Waals surface area (Å²) in [4.78, 5) is 13.5. The van der Waals surface area contributed by atoms with Crippen LogP contribution in [0.3, 0.4) is 0 Å². The quantitative estimate of drug-likeness (QED) is 0.381. The van der Waals surface area contributed by atoms with Gasteiger partial charge in [-0.25, -0.2) is 0 Å². The molecule has 2 fully saturated rings. The van der Waals surface area contributed by atoms with E-state index in [0.29, 0.717) is 25.7 Å². The van der Waals surface area contributed by atoms with Crippen molar-refractivity contribution in [1.82, 2.24) is 5.32 Å². The molecule has 0 aliphatic heterocycles. The van der Waals surface area contributed by atoms with Gasteiger partial charge in [-0.2, -0.15) is 5.26 Å². The normalized spacial score (nSPS) is 24.1. The lowest BCUT2D eigenvalue weighted by atomic mass is 9.67. The predicted molar refractivity (Wildman–Crippen MR) is 149 cm³/mol. The first-order chi connectivity index (χ1) is 18.4. The molecule has 2 saturated carbocycles. The number of nitriles is 1. The maximum absolute atomic E-state index is 13.5. The van der Waals surface area contributed by atoms with Crippen molar-refractivity contribution in [3.05, 3.63) is 90.0 Å². The molecule has 38 heavy (non-hydrogen) atoms. The Balaban J connectivity index is 1.51. The number of hydrogen-bond donors (Lipinski definition) is 2. The Bertz CT molecular complexity index is 1220. The molecule has 2 aromatic rings. The van der Waals surface area contributed by atoms with Crippen LogP contribution in [0, 0.1) is 28.6 Å². The summed E-state index contributed by atoms with van der Waals surface area (Å²) in [5, 5.41) is 24.4. The molecule has 3 aliphatic rings. The number of aliphatic hydroxyl groups is 1. The number of carbonyl (C=O) groups is 1. The lowest BCUT2D eigenvalue weighted by Crippen LogP contribution is -2.48. The van der Waals surface area contributed by atoms with Crippen molar-refractivity contribution in [3.63, 3.8) is 0 Å². The van der Waals surface area contributed by atoms with Gasteiger partial charge in [0, 0.05) is 5.41 Å². The average molecular weight is 511 g/mol. The van der Waals surface area contributed by atoms with Crippen molar-refractivity contribution in [2.45, 2.75) is 76.2 Å². The van der Waals surface area contributed by atoms with Gasteiger partial charge in [0.15, 0.2) is 0 Å².